The molecule has 0 bridgehead atoms. The molecule has 0 atom stereocenters. The smallest absolute Gasteiger partial charge is 0.407 e. The third kappa shape index (κ3) is 4.44. The number of fused-ring (bicyclic) bond motifs is 1. The molecule has 1 aliphatic heterocycles. The predicted octanol–water partition coefficient (Wildman–Crippen LogP) is 0.685. The molecule has 1 aromatic heterocycles. The maximum absolute atomic E-state index is 11.7. The molecule has 2 rings (SSSR count). The highest BCUT2D eigenvalue weighted by Crippen LogP contribution is 2.16. The van der Waals surface area contributed by atoms with Crippen LogP contribution in [0.5, 0.6) is 0 Å². The molecule has 2 heterocycles. The van der Waals surface area contributed by atoms with Crippen molar-refractivity contribution in [1.29, 1.82) is 0 Å². The summed E-state index contributed by atoms with van der Waals surface area (Å²) >= 11 is 0. The van der Waals surface area contributed by atoms with Crippen LogP contribution in [0.3, 0.4) is 0 Å². The molecular formula is C13H22N4O4S. The second-order valence-electron chi connectivity index (χ2n) is 5.29. The Hall–Kier alpha value is -1.61. The first-order chi connectivity index (χ1) is 10.4. The number of sulfonamides is 1. The average molecular weight is 330 g/mol. The monoisotopic (exact) mass is 330 g/mol. The second kappa shape index (κ2) is 7.10. The van der Waals surface area contributed by atoms with E-state index in [1.54, 1.807) is 4.68 Å². The molecule has 0 fully saturated rings. The van der Waals surface area contributed by atoms with Gasteiger partial charge in [0.15, 0.2) is 0 Å². The minimum atomic E-state index is -3.22. The van der Waals surface area contributed by atoms with Gasteiger partial charge in [0, 0.05) is 13.1 Å². The number of ether oxygens (including phenoxy) is 1. The summed E-state index contributed by atoms with van der Waals surface area (Å²) in [7, 11) is -3.22. The number of hydrogen-bond donors (Lipinski definition) is 1. The van der Waals surface area contributed by atoms with Crippen LogP contribution < -0.4 is 5.32 Å². The second-order valence-corrected chi connectivity index (χ2v) is 7.27. The van der Waals surface area contributed by atoms with E-state index in [9.17, 15) is 13.2 Å². The first kappa shape index (κ1) is 16.8. The van der Waals surface area contributed by atoms with Gasteiger partial charge in [0.25, 0.3) is 0 Å². The van der Waals surface area contributed by atoms with E-state index in [1.807, 2.05) is 13.0 Å². The zero-order chi connectivity index (χ0) is 16.2. The molecule has 8 nitrogen and oxygen atoms in total. The SMILES string of the molecule is CCCOC(=O)NCc1cc2n(n1)CCCN(S(C)(=O)=O)C2. The van der Waals surface area contributed by atoms with Crippen molar-refractivity contribution in [3.05, 3.63) is 17.5 Å². The van der Waals surface area contributed by atoms with E-state index in [0.29, 0.717) is 38.4 Å². The van der Waals surface area contributed by atoms with Gasteiger partial charge >= 0.3 is 6.09 Å². The lowest BCUT2D eigenvalue weighted by molar-refractivity contribution is 0.145. The van der Waals surface area contributed by atoms with E-state index >= 15 is 0 Å². The summed E-state index contributed by atoms with van der Waals surface area (Å²) in [5, 5.41) is 7.04. The zero-order valence-electron chi connectivity index (χ0n) is 12.9. The molecule has 0 aromatic carbocycles. The fourth-order valence-electron chi connectivity index (χ4n) is 2.27. The number of carbonyl (C=O) groups excluding carboxylic acids is 1. The molecule has 0 spiro atoms. The fraction of sp³-hybridized carbons (Fsp3) is 0.692. The van der Waals surface area contributed by atoms with Crippen molar-refractivity contribution in [2.24, 2.45) is 0 Å². The molecule has 124 valence electrons. The molecule has 0 radical (unpaired) electrons. The predicted molar refractivity (Wildman–Crippen MR) is 80.6 cm³/mol. The van der Waals surface area contributed by atoms with Gasteiger partial charge in [0.2, 0.25) is 10.0 Å². The highest BCUT2D eigenvalue weighted by atomic mass is 32.2. The molecule has 0 saturated heterocycles. The van der Waals surface area contributed by atoms with Crippen LogP contribution in [0.15, 0.2) is 6.07 Å². The van der Waals surface area contributed by atoms with Gasteiger partial charge in [0.1, 0.15) is 0 Å². The normalized spacial score (nSPS) is 15.9. The van der Waals surface area contributed by atoms with Crippen LogP contribution in [0.4, 0.5) is 4.79 Å². The van der Waals surface area contributed by atoms with Crippen LogP contribution in [0.25, 0.3) is 0 Å². The summed E-state index contributed by atoms with van der Waals surface area (Å²) in [5.74, 6) is 0. The molecule has 1 aliphatic rings. The van der Waals surface area contributed by atoms with Gasteiger partial charge in [-0.2, -0.15) is 9.40 Å². The van der Waals surface area contributed by atoms with Gasteiger partial charge in [-0.15, -0.1) is 0 Å². The van der Waals surface area contributed by atoms with E-state index < -0.39 is 16.1 Å². The van der Waals surface area contributed by atoms with E-state index in [1.165, 1.54) is 10.6 Å². The highest BCUT2D eigenvalue weighted by molar-refractivity contribution is 7.88. The Kier molecular flexibility index (Phi) is 5.41. The Morgan fingerprint density at radius 3 is 2.91 bits per heavy atom. The number of aryl methyl sites for hydroxylation is 1. The van der Waals surface area contributed by atoms with Crippen molar-refractivity contribution in [3.63, 3.8) is 0 Å². The molecule has 0 aliphatic carbocycles. The minimum Gasteiger partial charge on any atom is -0.450 e. The number of aromatic nitrogens is 2. The third-order valence-corrected chi connectivity index (χ3v) is 4.60. The number of nitrogens with one attached hydrogen (secondary N) is 1. The number of amides is 1. The van der Waals surface area contributed by atoms with Gasteiger partial charge in [-0.25, -0.2) is 13.2 Å². The molecule has 9 heteroatoms. The molecule has 1 amide bonds. The van der Waals surface area contributed by atoms with Gasteiger partial charge in [-0.3, -0.25) is 4.68 Å². The van der Waals surface area contributed by atoms with Crippen LogP contribution in [0.2, 0.25) is 0 Å². The maximum Gasteiger partial charge on any atom is 0.407 e. The summed E-state index contributed by atoms with van der Waals surface area (Å²) in [5.41, 5.74) is 1.53. The molecule has 0 unspecified atom stereocenters. The number of carbonyl (C=O) groups is 1. The van der Waals surface area contributed by atoms with Gasteiger partial charge in [0.05, 0.1) is 37.3 Å². The standard InChI is InChI=1S/C13H22N4O4S/c1-3-7-21-13(18)14-9-11-8-12-10-16(22(2,19)20)5-4-6-17(12)15-11/h8H,3-7,9-10H2,1-2H3,(H,14,18). The van der Waals surface area contributed by atoms with E-state index in [4.69, 9.17) is 4.74 Å². The van der Waals surface area contributed by atoms with Crippen LogP contribution in [0, 0.1) is 0 Å². The lowest BCUT2D eigenvalue weighted by Crippen LogP contribution is -2.29. The largest absolute Gasteiger partial charge is 0.450 e. The quantitative estimate of drug-likeness (QED) is 0.857. The van der Waals surface area contributed by atoms with Crippen LogP contribution in [0.1, 0.15) is 31.2 Å². The van der Waals surface area contributed by atoms with E-state index in [-0.39, 0.29) is 6.54 Å². The van der Waals surface area contributed by atoms with Crippen molar-refractivity contribution < 1.29 is 17.9 Å². The lowest BCUT2D eigenvalue weighted by atomic mass is 10.3. The van der Waals surface area contributed by atoms with Crippen LogP contribution in [-0.2, 0) is 34.4 Å². The first-order valence-electron chi connectivity index (χ1n) is 7.31. The molecular weight excluding hydrogens is 308 g/mol. The van der Waals surface area contributed by atoms with Crippen molar-refractivity contribution >= 4 is 16.1 Å². The van der Waals surface area contributed by atoms with Crippen molar-refractivity contribution in [3.8, 4) is 0 Å². The molecule has 0 saturated carbocycles. The van der Waals surface area contributed by atoms with Gasteiger partial charge < -0.3 is 10.1 Å². The first-order valence-corrected chi connectivity index (χ1v) is 9.16. The molecule has 1 N–H and O–H groups in total. The number of rotatable bonds is 5. The fourth-order valence-corrected chi connectivity index (χ4v) is 3.10. The minimum absolute atomic E-state index is 0.265. The molecule has 1 aromatic rings. The summed E-state index contributed by atoms with van der Waals surface area (Å²) in [6.07, 6.45) is 2.23. The van der Waals surface area contributed by atoms with E-state index in [2.05, 4.69) is 10.4 Å². The van der Waals surface area contributed by atoms with Crippen molar-refractivity contribution in [2.45, 2.75) is 39.4 Å². The van der Waals surface area contributed by atoms with E-state index in [0.717, 1.165) is 12.1 Å². The summed E-state index contributed by atoms with van der Waals surface area (Å²) in [6.45, 7) is 4.05. The zero-order valence-corrected chi connectivity index (χ0v) is 13.7. The number of nitrogens with zero attached hydrogens (tertiary/aromatic N) is 3. The number of hydrogen-bond acceptors (Lipinski definition) is 5. The summed E-state index contributed by atoms with van der Waals surface area (Å²) in [6, 6.07) is 1.82. The van der Waals surface area contributed by atoms with Crippen molar-refractivity contribution in [1.82, 2.24) is 19.4 Å². The number of alkyl carbamates (subject to hydrolysis) is 1. The van der Waals surface area contributed by atoms with Gasteiger partial charge in [-0.1, -0.05) is 6.92 Å². The molecule has 22 heavy (non-hydrogen) atoms. The van der Waals surface area contributed by atoms with Crippen LogP contribution >= 0.6 is 0 Å². The highest BCUT2D eigenvalue weighted by Gasteiger charge is 2.22. The van der Waals surface area contributed by atoms with Gasteiger partial charge in [-0.05, 0) is 18.9 Å². The Bertz CT molecular complexity index is 626. The Morgan fingerprint density at radius 1 is 1.45 bits per heavy atom. The summed E-state index contributed by atoms with van der Waals surface area (Å²) < 4.78 is 31.6. The maximum atomic E-state index is 11.7. The lowest BCUT2D eigenvalue weighted by Gasteiger charge is -2.16. The van der Waals surface area contributed by atoms with Crippen molar-refractivity contribution in [2.75, 3.05) is 19.4 Å². The Labute approximate surface area is 130 Å². The summed E-state index contributed by atoms with van der Waals surface area (Å²) in [4.78, 5) is 11.4. The van der Waals surface area contributed by atoms with Crippen LogP contribution in [-0.4, -0.2) is 48.0 Å². The topological polar surface area (TPSA) is 93.5 Å². The third-order valence-electron chi connectivity index (χ3n) is 3.35. The Balaban J connectivity index is 1.99. The average Bonchev–Trinajstić information content (AvgIpc) is 2.72. The Morgan fingerprint density at radius 2 is 2.23 bits per heavy atom.